The minimum Gasteiger partial charge on any atom is -0.302 e. The molecule has 0 aromatic carbocycles. The largest absolute Gasteiger partial charge is 0.302 e. The van der Waals surface area contributed by atoms with E-state index < -0.39 is 0 Å². The van der Waals surface area contributed by atoms with E-state index in [4.69, 9.17) is 0 Å². The molecule has 1 aliphatic heterocycles. The first-order valence-corrected chi connectivity index (χ1v) is 5.38. The highest BCUT2D eigenvalue weighted by atomic mass is 32.1. The topological polar surface area (TPSA) is 16.1 Å². The molecule has 2 nitrogen and oxygen atoms in total. The first-order chi connectivity index (χ1) is 6.25. The molecule has 1 aliphatic rings. The maximum Gasteiger partial charge on any atom is 0.120 e. The van der Waals surface area contributed by atoms with Gasteiger partial charge in [-0.15, -0.1) is 11.3 Å². The number of rotatable bonds is 1. The van der Waals surface area contributed by atoms with Crippen LogP contribution in [0.2, 0.25) is 0 Å². The Morgan fingerprint density at radius 1 is 1.54 bits per heavy atom. The maximum absolute atomic E-state index is 4.40. The Morgan fingerprint density at radius 3 is 3.00 bits per heavy atom. The van der Waals surface area contributed by atoms with Crippen molar-refractivity contribution in [3.8, 4) is 0 Å². The lowest BCUT2D eigenvalue weighted by Gasteiger charge is -2.21. The van der Waals surface area contributed by atoms with E-state index in [-0.39, 0.29) is 0 Å². The van der Waals surface area contributed by atoms with Crippen molar-refractivity contribution in [3.63, 3.8) is 0 Å². The van der Waals surface area contributed by atoms with Gasteiger partial charge in [-0.25, -0.2) is 4.98 Å². The zero-order valence-corrected chi connectivity index (χ0v) is 8.90. The minimum atomic E-state index is 1.05. The van der Waals surface area contributed by atoms with Gasteiger partial charge >= 0.3 is 0 Å². The molecule has 0 aliphatic carbocycles. The molecule has 70 valence electrons. The Bertz CT molecular complexity index is 327. The zero-order chi connectivity index (χ0) is 9.26. The smallest absolute Gasteiger partial charge is 0.120 e. The summed E-state index contributed by atoms with van der Waals surface area (Å²) >= 11 is 1.79. The van der Waals surface area contributed by atoms with Gasteiger partial charge < -0.3 is 4.90 Å². The molecule has 0 saturated heterocycles. The van der Waals surface area contributed by atoms with Crippen molar-refractivity contribution >= 4 is 16.9 Å². The average molecular weight is 194 g/mol. The van der Waals surface area contributed by atoms with Crippen LogP contribution >= 0.6 is 11.3 Å². The van der Waals surface area contributed by atoms with Crippen LogP contribution in [-0.2, 0) is 0 Å². The second kappa shape index (κ2) is 3.60. The van der Waals surface area contributed by atoms with Crippen molar-refractivity contribution in [3.05, 3.63) is 22.2 Å². The minimum absolute atomic E-state index is 1.05. The lowest BCUT2D eigenvalue weighted by molar-refractivity contribution is 0.373. The predicted molar refractivity (Wildman–Crippen MR) is 56.9 cm³/mol. The number of hydrogen-bond donors (Lipinski definition) is 0. The Kier molecular flexibility index (Phi) is 2.47. The van der Waals surface area contributed by atoms with E-state index in [2.05, 4.69) is 29.9 Å². The number of hydrogen-bond acceptors (Lipinski definition) is 3. The lowest BCUT2D eigenvalue weighted by atomic mass is 10.1. The van der Waals surface area contributed by atoms with Gasteiger partial charge in [-0.3, -0.25) is 0 Å². The number of aromatic nitrogens is 1. The van der Waals surface area contributed by atoms with Crippen LogP contribution in [0, 0.1) is 6.92 Å². The van der Waals surface area contributed by atoms with E-state index in [1.165, 1.54) is 22.0 Å². The number of nitrogens with zero attached hydrogens (tertiary/aromatic N) is 2. The van der Waals surface area contributed by atoms with E-state index in [1.54, 1.807) is 11.3 Å². The van der Waals surface area contributed by atoms with E-state index >= 15 is 0 Å². The van der Waals surface area contributed by atoms with Gasteiger partial charge in [-0.2, -0.15) is 0 Å². The van der Waals surface area contributed by atoms with Crippen molar-refractivity contribution in [1.82, 2.24) is 9.88 Å². The molecule has 0 saturated carbocycles. The fourth-order valence-corrected chi connectivity index (χ4v) is 2.35. The third-order valence-corrected chi connectivity index (χ3v) is 3.23. The summed E-state index contributed by atoms with van der Waals surface area (Å²) in [5.41, 5.74) is 1.40. The summed E-state index contributed by atoms with van der Waals surface area (Å²) in [6.07, 6.45) is 5.43. The van der Waals surface area contributed by atoms with Crippen LogP contribution in [0.25, 0.3) is 5.57 Å². The van der Waals surface area contributed by atoms with Gasteiger partial charge in [-0.05, 0) is 26.0 Å². The van der Waals surface area contributed by atoms with E-state index in [1.807, 2.05) is 6.20 Å². The van der Waals surface area contributed by atoms with Crippen LogP contribution in [0.5, 0.6) is 0 Å². The predicted octanol–water partition coefficient (Wildman–Crippen LogP) is 2.17. The van der Waals surface area contributed by atoms with Gasteiger partial charge in [0.25, 0.3) is 0 Å². The SMILES string of the molecule is Cc1cnc(C2=CCCN(C)C2)s1. The molecule has 2 rings (SSSR count). The summed E-state index contributed by atoms with van der Waals surface area (Å²) in [7, 11) is 2.16. The molecule has 1 aromatic rings. The van der Waals surface area contributed by atoms with E-state index in [9.17, 15) is 0 Å². The van der Waals surface area contributed by atoms with Gasteiger partial charge in [0.15, 0.2) is 0 Å². The summed E-state index contributed by atoms with van der Waals surface area (Å²) in [5, 5.41) is 1.20. The zero-order valence-electron chi connectivity index (χ0n) is 8.08. The highest BCUT2D eigenvalue weighted by molar-refractivity contribution is 7.12. The third-order valence-electron chi connectivity index (χ3n) is 2.24. The molecule has 13 heavy (non-hydrogen) atoms. The summed E-state index contributed by atoms with van der Waals surface area (Å²) < 4.78 is 0. The van der Waals surface area contributed by atoms with Gasteiger partial charge in [0.05, 0.1) is 0 Å². The first-order valence-electron chi connectivity index (χ1n) is 4.56. The van der Waals surface area contributed by atoms with Crippen molar-refractivity contribution in [2.24, 2.45) is 0 Å². The van der Waals surface area contributed by atoms with E-state index in [0.717, 1.165) is 13.0 Å². The molecular formula is C10H14N2S. The summed E-state index contributed by atoms with van der Waals surface area (Å²) in [6, 6.07) is 0. The average Bonchev–Trinajstić information content (AvgIpc) is 2.52. The second-order valence-electron chi connectivity index (χ2n) is 3.53. The standard InChI is InChI=1S/C10H14N2S/c1-8-6-11-10(13-8)9-4-3-5-12(2)7-9/h4,6H,3,5,7H2,1-2H3. The molecule has 0 radical (unpaired) electrons. The molecule has 0 spiro atoms. The molecule has 2 heterocycles. The van der Waals surface area contributed by atoms with Gasteiger partial charge in [0, 0.05) is 24.2 Å². The number of likely N-dealkylation sites (N-methyl/N-ethyl adjacent to an activating group) is 1. The second-order valence-corrected chi connectivity index (χ2v) is 4.77. The van der Waals surface area contributed by atoms with Crippen LogP contribution < -0.4 is 0 Å². The molecule has 0 unspecified atom stereocenters. The molecular weight excluding hydrogens is 180 g/mol. The molecule has 0 fully saturated rings. The highest BCUT2D eigenvalue weighted by Gasteiger charge is 2.12. The summed E-state index contributed by atoms with van der Waals surface area (Å²) in [6.45, 7) is 4.33. The summed E-state index contributed by atoms with van der Waals surface area (Å²) in [5.74, 6) is 0. The fraction of sp³-hybridized carbons (Fsp3) is 0.500. The quantitative estimate of drug-likeness (QED) is 0.681. The number of thiazole rings is 1. The van der Waals surface area contributed by atoms with Crippen LogP contribution in [0.3, 0.4) is 0 Å². The van der Waals surface area contributed by atoms with Crippen molar-refractivity contribution in [2.45, 2.75) is 13.3 Å². The van der Waals surface area contributed by atoms with Crippen molar-refractivity contribution in [1.29, 1.82) is 0 Å². The Morgan fingerprint density at radius 2 is 2.38 bits per heavy atom. The Labute approximate surface area is 82.9 Å². The third kappa shape index (κ3) is 1.98. The van der Waals surface area contributed by atoms with Crippen molar-refractivity contribution < 1.29 is 0 Å². The number of aryl methyl sites for hydroxylation is 1. The van der Waals surface area contributed by atoms with Crippen molar-refractivity contribution in [2.75, 3.05) is 20.1 Å². The Hall–Kier alpha value is -0.670. The van der Waals surface area contributed by atoms with Crippen LogP contribution in [0.1, 0.15) is 16.3 Å². The monoisotopic (exact) mass is 194 g/mol. The van der Waals surface area contributed by atoms with Gasteiger partial charge in [0.2, 0.25) is 0 Å². The highest BCUT2D eigenvalue weighted by Crippen LogP contribution is 2.23. The molecule has 0 atom stereocenters. The van der Waals surface area contributed by atoms with Crippen LogP contribution in [0.4, 0.5) is 0 Å². The van der Waals surface area contributed by atoms with Gasteiger partial charge in [-0.1, -0.05) is 6.08 Å². The molecule has 3 heteroatoms. The molecule has 0 amide bonds. The van der Waals surface area contributed by atoms with Gasteiger partial charge in [0.1, 0.15) is 5.01 Å². The fourth-order valence-electron chi connectivity index (χ4n) is 1.55. The molecule has 0 bridgehead atoms. The maximum atomic E-state index is 4.40. The summed E-state index contributed by atoms with van der Waals surface area (Å²) in [4.78, 5) is 8.03. The lowest BCUT2D eigenvalue weighted by Crippen LogP contribution is -2.24. The van der Waals surface area contributed by atoms with E-state index in [0.29, 0.717) is 0 Å². The molecule has 0 N–H and O–H groups in total. The van der Waals surface area contributed by atoms with Crippen LogP contribution in [0.15, 0.2) is 12.3 Å². The molecule has 1 aromatic heterocycles. The van der Waals surface area contributed by atoms with Crippen LogP contribution in [-0.4, -0.2) is 30.0 Å². The Balaban J connectivity index is 2.21. The first kappa shape index (κ1) is 8.91. The normalized spacial score (nSPS) is 18.8.